The van der Waals surface area contributed by atoms with Crippen LogP contribution in [0.5, 0.6) is 0 Å². The van der Waals surface area contributed by atoms with E-state index in [4.69, 9.17) is 4.74 Å². The van der Waals surface area contributed by atoms with Crippen LogP contribution in [0.3, 0.4) is 0 Å². The molecule has 2 N–H and O–H groups in total. The predicted molar refractivity (Wildman–Crippen MR) is 134 cm³/mol. The lowest BCUT2D eigenvalue weighted by Crippen LogP contribution is -2.36. The third-order valence-corrected chi connectivity index (χ3v) is 6.37. The minimum absolute atomic E-state index is 0.00486. The third kappa shape index (κ3) is 4.81. The number of nitrogens with zero attached hydrogens (tertiary/aromatic N) is 5. The summed E-state index contributed by atoms with van der Waals surface area (Å²) in [6, 6.07) is 18.3. The van der Waals surface area contributed by atoms with E-state index in [1.165, 1.54) is 0 Å². The Morgan fingerprint density at radius 1 is 1.03 bits per heavy atom. The summed E-state index contributed by atoms with van der Waals surface area (Å²) in [4.78, 5) is 23.4. The molecule has 0 bridgehead atoms. The van der Waals surface area contributed by atoms with Crippen LogP contribution in [0.15, 0.2) is 60.8 Å². The van der Waals surface area contributed by atoms with E-state index < -0.39 is 0 Å². The summed E-state index contributed by atoms with van der Waals surface area (Å²) >= 11 is 0. The van der Waals surface area contributed by atoms with Gasteiger partial charge >= 0.3 is 0 Å². The zero-order chi connectivity index (χ0) is 23.6. The summed E-state index contributed by atoms with van der Waals surface area (Å²) in [6.07, 6.45) is 3.77. The van der Waals surface area contributed by atoms with Gasteiger partial charge in [0.1, 0.15) is 5.82 Å². The molecule has 35 heavy (non-hydrogen) atoms. The molecule has 2 fully saturated rings. The number of benzene rings is 1. The standard InChI is InChI=1S/C26H27N7O2/c34-25(20-8-9-20)30-26-29-24-3-1-2-22(33(24)31-26)19-6-4-18(5-7-19)16-27-21-10-11-23(28-17-21)32-12-14-35-15-13-32/h1-7,10-11,17,20,27H,8-9,12-16H2,(H,30,31,34). The number of aromatic nitrogens is 4. The average Bonchev–Trinajstić information content (AvgIpc) is 3.68. The molecule has 1 aromatic carbocycles. The van der Waals surface area contributed by atoms with E-state index >= 15 is 0 Å². The molecule has 3 aromatic heterocycles. The number of hydrogen-bond acceptors (Lipinski definition) is 7. The van der Waals surface area contributed by atoms with Crippen molar-refractivity contribution in [3.63, 3.8) is 0 Å². The van der Waals surface area contributed by atoms with Gasteiger partial charge in [0.05, 0.1) is 30.8 Å². The van der Waals surface area contributed by atoms with Crippen LogP contribution in [-0.4, -0.2) is 51.8 Å². The molecule has 0 radical (unpaired) electrons. The van der Waals surface area contributed by atoms with E-state index in [2.05, 4.69) is 67.0 Å². The molecular formula is C26H27N7O2. The fourth-order valence-corrected chi connectivity index (χ4v) is 4.20. The van der Waals surface area contributed by atoms with Crippen molar-refractivity contribution in [1.29, 1.82) is 0 Å². The van der Waals surface area contributed by atoms with Gasteiger partial charge in [0.15, 0.2) is 5.65 Å². The molecule has 9 heteroatoms. The van der Waals surface area contributed by atoms with E-state index in [9.17, 15) is 4.79 Å². The number of carbonyl (C=O) groups is 1. The number of ether oxygens (including phenoxy) is 1. The first-order chi connectivity index (χ1) is 17.2. The maximum Gasteiger partial charge on any atom is 0.249 e. The number of carbonyl (C=O) groups excluding carboxylic acids is 1. The van der Waals surface area contributed by atoms with Crippen LogP contribution < -0.4 is 15.5 Å². The van der Waals surface area contributed by atoms with Crippen LogP contribution in [0, 0.1) is 5.92 Å². The Bertz CT molecular complexity index is 1320. The second-order valence-electron chi connectivity index (χ2n) is 8.93. The number of morpholine rings is 1. The molecule has 1 saturated heterocycles. The number of hydrogen-bond donors (Lipinski definition) is 2. The molecule has 1 aliphatic carbocycles. The van der Waals surface area contributed by atoms with Gasteiger partial charge in [0, 0.05) is 31.1 Å². The molecule has 0 spiro atoms. The number of rotatable bonds is 7. The molecular weight excluding hydrogens is 442 g/mol. The van der Waals surface area contributed by atoms with Crippen LogP contribution in [0.25, 0.3) is 16.9 Å². The maximum absolute atomic E-state index is 12.1. The first-order valence-corrected chi connectivity index (χ1v) is 12.0. The maximum atomic E-state index is 12.1. The first kappa shape index (κ1) is 21.5. The topological polar surface area (TPSA) is 96.7 Å². The Kier molecular flexibility index (Phi) is 5.75. The predicted octanol–water partition coefficient (Wildman–Crippen LogP) is 3.59. The van der Waals surface area contributed by atoms with Crippen molar-refractivity contribution in [3.8, 4) is 11.3 Å². The highest BCUT2D eigenvalue weighted by atomic mass is 16.5. The van der Waals surface area contributed by atoms with Crippen molar-refractivity contribution < 1.29 is 9.53 Å². The molecule has 1 saturated carbocycles. The average molecular weight is 470 g/mol. The molecule has 4 heterocycles. The van der Waals surface area contributed by atoms with E-state index in [1.54, 1.807) is 4.52 Å². The molecule has 1 aliphatic heterocycles. The summed E-state index contributed by atoms with van der Waals surface area (Å²) in [6.45, 7) is 3.96. The lowest BCUT2D eigenvalue weighted by Gasteiger charge is -2.27. The lowest BCUT2D eigenvalue weighted by molar-refractivity contribution is -0.117. The minimum Gasteiger partial charge on any atom is -0.380 e. The lowest BCUT2D eigenvalue weighted by atomic mass is 10.1. The molecule has 0 atom stereocenters. The van der Waals surface area contributed by atoms with Crippen molar-refractivity contribution in [1.82, 2.24) is 19.6 Å². The highest BCUT2D eigenvalue weighted by molar-refractivity contribution is 5.92. The van der Waals surface area contributed by atoms with Crippen LogP contribution in [0.2, 0.25) is 0 Å². The minimum atomic E-state index is 0.00486. The first-order valence-electron chi connectivity index (χ1n) is 12.0. The van der Waals surface area contributed by atoms with Crippen molar-refractivity contribution in [3.05, 3.63) is 66.4 Å². The van der Waals surface area contributed by atoms with Crippen LogP contribution in [0.1, 0.15) is 18.4 Å². The van der Waals surface area contributed by atoms with Gasteiger partial charge < -0.3 is 15.0 Å². The summed E-state index contributed by atoms with van der Waals surface area (Å²) in [7, 11) is 0. The Hall–Kier alpha value is -3.98. The van der Waals surface area contributed by atoms with Crippen LogP contribution in [0.4, 0.5) is 17.5 Å². The van der Waals surface area contributed by atoms with Crippen LogP contribution >= 0.6 is 0 Å². The molecule has 6 rings (SSSR count). The Balaban J connectivity index is 1.12. The summed E-state index contributed by atoms with van der Waals surface area (Å²) in [5.41, 5.74) is 4.80. The second kappa shape index (κ2) is 9.34. The third-order valence-electron chi connectivity index (χ3n) is 6.37. The van der Waals surface area contributed by atoms with Gasteiger partial charge in [-0.3, -0.25) is 10.1 Å². The normalized spacial score (nSPS) is 15.8. The number of pyridine rings is 2. The molecule has 0 unspecified atom stereocenters. The van der Waals surface area contributed by atoms with E-state index in [0.29, 0.717) is 18.1 Å². The fourth-order valence-electron chi connectivity index (χ4n) is 4.20. The number of amides is 1. The zero-order valence-corrected chi connectivity index (χ0v) is 19.4. The zero-order valence-electron chi connectivity index (χ0n) is 19.4. The van der Waals surface area contributed by atoms with Crippen LogP contribution in [-0.2, 0) is 16.1 Å². The summed E-state index contributed by atoms with van der Waals surface area (Å²) in [5.74, 6) is 1.45. The van der Waals surface area contributed by atoms with Gasteiger partial charge in [0.25, 0.3) is 0 Å². The fraction of sp³-hybridized carbons (Fsp3) is 0.308. The Morgan fingerprint density at radius 3 is 2.60 bits per heavy atom. The highest BCUT2D eigenvalue weighted by Gasteiger charge is 2.30. The largest absolute Gasteiger partial charge is 0.380 e. The Labute approximate surface area is 203 Å². The van der Waals surface area contributed by atoms with Crippen molar-refractivity contribution in [2.45, 2.75) is 19.4 Å². The van der Waals surface area contributed by atoms with Gasteiger partial charge in [0.2, 0.25) is 11.9 Å². The molecule has 1 amide bonds. The quantitative estimate of drug-likeness (QED) is 0.427. The van der Waals surface area contributed by atoms with E-state index in [1.807, 2.05) is 24.4 Å². The highest BCUT2D eigenvalue weighted by Crippen LogP contribution is 2.30. The van der Waals surface area contributed by atoms with Crippen molar-refractivity contribution in [2.24, 2.45) is 5.92 Å². The smallest absolute Gasteiger partial charge is 0.249 e. The van der Waals surface area contributed by atoms with Gasteiger partial charge in [-0.2, -0.15) is 4.98 Å². The SMILES string of the molecule is O=C(Nc1nc2cccc(-c3ccc(CNc4ccc(N5CCOCC5)nc4)cc3)n2n1)C1CC1. The summed E-state index contributed by atoms with van der Waals surface area (Å²) < 4.78 is 7.19. The van der Waals surface area contributed by atoms with Crippen molar-refractivity contribution in [2.75, 3.05) is 41.8 Å². The van der Waals surface area contributed by atoms with E-state index in [-0.39, 0.29) is 11.8 Å². The molecule has 9 nitrogen and oxygen atoms in total. The molecule has 4 aromatic rings. The molecule has 178 valence electrons. The monoisotopic (exact) mass is 469 g/mol. The Morgan fingerprint density at radius 2 is 1.86 bits per heavy atom. The summed E-state index contributed by atoms with van der Waals surface area (Å²) in [5, 5.41) is 10.8. The molecule has 2 aliphatic rings. The van der Waals surface area contributed by atoms with Gasteiger partial charge in [-0.05, 0) is 42.7 Å². The van der Waals surface area contributed by atoms with Gasteiger partial charge in [-0.15, -0.1) is 5.10 Å². The van der Waals surface area contributed by atoms with Crippen molar-refractivity contribution >= 4 is 29.0 Å². The van der Waals surface area contributed by atoms with E-state index in [0.717, 1.165) is 67.5 Å². The number of anilines is 3. The van der Waals surface area contributed by atoms with Gasteiger partial charge in [-0.25, -0.2) is 9.50 Å². The number of fused-ring (bicyclic) bond motifs is 1. The van der Waals surface area contributed by atoms with Gasteiger partial charge in [-0.1, -0.05) is 30.3 Å². The second-order valence-corrected chi connectivity index (χ2v) is 8.93. The number of nitrogens with one attached hydrogen (secondary N) is 2.